The number of aliphatic hydroxyl groups excluding tert-OH is 1. The van der Waals surface area contributed by atoms with Gasteiger partial charge in [-0.3, -0.25) is 54.0 Å². The topological polar surface area (TPSA) is 228 Å². The molecule has 0 bridgehead atoms. The molecule has 8 heterocycles. The number of anilines is 5. The van der Waals surface area contributed by atoms with Crippen LogP contribution in [0.25, 0.3) is 17.3 Å². The number of imide groups is 2. The van der Waals surface area contributed by atoms with Crippen molar-refractivity contribution in [3.63, 3.8) is 0 Å². The lowest BCUT2D eigenvalue weighted by molar-refractivity contribution is -0.137. The van der Waals surface area contributed by atoms with E-state index < -0.39 is 30.0 Å². The first kappa shape index (κ1) is 50.2. The van der Waals surface area contributed by atoms with Crippen molar-refractivity contribution in [2.24, 2.45) is 12.5 Å². The zero-order valence-corrected chi connectivity index (χ0v) is 43.2. The van der Waals surface area contributed by atoms with Crippen LogP contribution in [0.5, 0.6) is 0 Å². The number of carbonyl (C=O) groups excluding carboxylic acids is 6. The third kappa shape index (κ3) is 9.33. The second kappa shape index (κ2) is 20.0. The highest BCUT2D eigenvalue weighted by molar-refractivity contribution is 6.07. The minimum absolute atomic E-state index is 0.0173. The molecule has 11 rings (SSSR count). The van der Waals surface area contributed by atoms with Crippen molar-refractivity contribution >= 4 is 70.7 Å². The Morgan fingerprint density at radius 3 is 2.47 bits per heavy atom. The molecule has 0 radical (unpaired) electrons. The van der Waals surface area contributed by atoms with E-state index in [9.17, 15) is 38.7 Å². The van der Waals surface area contributed by atoms with Crippen LogP contribution in [0.1, 0.15) is 95.2 Å². The Kier molecular flexibility index (Phi) is 13.2. The highest BCUT2D eigenvalue weighted by atomic mass is 16.3. The molecule has 2 atom stereocenters. The second-order valence-electron chi connectivity index (χ2n) is 21.7. The fourth-order valence-electron chi connectivity index (χ4n) is 12.4. The summed E-state index contributed by atoms with van der Waals surface area (Å²) in [7, 11) is 1.62. The molecular formula is C56H62N12O8. The molecule has 4 N–H and O–H groups in total. The van der Waals surface area contributed by atoms with Gasteiger partial charge in [-0.25, -0.2) is 9.97 Å². The molecule has 0 saturated carbocycles. The van der Waals surface area contributed by atoms with Crippen LogP contribution in [0.15, 0.2) is 71.8 Å². The number of hydrogen-bond acceptors (Lipinski definition) is 14. The number of benzene rings is 2. The number of fused-ring (bicyclic) bond motifs is 4. The van der Waals surface area contributed by atoms with Crippen LogP contribution in [-0.4, -0.2) is 127 Å². The van der Waals surface area contributed by atoms with E-state index in [1.165, 1.54) is 21.9 Å². The van der Waals surface area contributed by atoms with Crippen molar-refractivity contribution in [3.8, 4) is 11.3 Å². The zero-order chi connectivity index (χ0) is 53.2. The number of aryl methyl sites for hydroxylation is 1. The maximum absolute atomic E-state index is 14.1. The molecule has 5 aromatic rings. The van der Waals surface area contributed by atoms with Gasteiger partial charge in [0.05, 0.1) is 12.3 Å². The van der Waals surface area contributed by atoms with Crippen LogP contribution < -0.4 is 36.2 Å². The number of pyridine rings is 1. The normalized spacial score (nSPS) is 20.8. The third-order valence-corrected chi connectivity index (χ3v) is 16.1. The average Bonchev–Trinajstić information content (AvgIpc) is 4.03. The minimum Gasteiger partial charge on any atom is -0.392 e. The van der Waals surface area contributed by atoms with Crippen LogP contribution in [0.4, 0.5) is 28.7 Å². The Balaban J connectivity index is 0.777. The zero-order valence-electron chi connectivity index (χ0n) is 43.2. The van der Waals surface area contributed by atoms with E-state index in [2.05, 4.69) is 67.0 Å². The van der Waals surface area contributed by atoms with Crippen molar-refractivity contribution in [1.29, 1.82) is 0 Å². The fraction of sp³-hybridized carbons (Fsp3) is 0.411. The highest BCUT2D eigenvalue weighted by Crippen LogP contribution is 2.41. The van der Waals surface area contributed by atoms with Crippen molar-refractivity contribution in [1.82, 2.24) is 39.5 Å². The number of amides is 6. The number of aliphatic hydroxyl groups is 1. The number of piperazine rings is 1. The van der Waals surface area contributed by atoms with Gasteiger partial charge in [0, 0.05) is 141 Å². The largest absolute Gasteiger partial charge is 0.392 e. The molecule has 6 amide bonds. The number of carbonyl (C=O) groups is 6. The summed E-state index contributed by atoms with van der Waals surface area (Å²) in [6.07, 6.45) is 10.7. The molecular weight excluding hydrogens is 969 g/mol. The van der Waals surface area contributed by atoms with Gasteiger partial charge < -0.3 is 34.3 Å². The highest BCUT2D eigenvalue weighted by Gasteiger charge is 2.41. The molecule has 6 aliphatic rings. The standard InChI is InChI=1S/C56H62N12O8/c1-33-28-64(38-14-17-63(18-15-38)39-7-8-40-36(24-39)29-68(53(40)74)45-10-12-49(72)61-52(45)73)19-20-65(33)44-9-6-37(23-34(44)5-11-48(71)58-32-70)59-50-55(76)62(4)30-43(60-50)41-13-16-57-51(42(41)31-69)67-22-21-66-46(54(67)75)25-35-26-56(2,3)27-47(35)66/h5-9,11,13,16,23-25,30,32-33,38,45,69H,10,12,14-15,17-22,26-29,31H2,1-4H3,(H,59,60)(H,58,70,71)(H,61,72,73)/t33-,45?/m0/s1. The van der Waals surface area contributed by atoms with Crippen molar-refractivity contribution in [2.45, 2.75) is 97.1 Å². The number of hydrogen-bond donors (Lipinski definition) is 4. The summed E-state index contributed by atoms with van der Waals surface area (Å²) in [5, 5.41) is 18.6. The van der Waals surface area contributed by atoms with Gasteiger partial charge in [-0.05, 0) is 110 Å². The summed E-state index contributed by atoms with van der Waals surface area (Å²) < 4.78 is 3.54. The molecule has 3 saturated heterocycles. The van der Waals surface area contributed by atoms with E-state index in [-0.39, 0.29) is 41.4 Å². The van der Waals surface area contributed by atoms with E-state index in [1.54, 1.807) is 41.4 Å². The quantitative estimate of drug-likeness (QED) is 0.0791. The predicted molar refractivity (Wildman–Crippen MR) is 285 cm³/mol. The maximum atomic E-state index is 14.1. The maximum Gasteiger partial charge on any atom is 0.293 e. The third-order valence-electron chi connectivity index (χ3n) is 16.1. The number of piperidine rings is 2. The lowest BCUT2D eigenvalue weighted by Gasteiger charge is -2.47. The molecule has 3 fully saturated rings. The van der Waals surface area contributed by atoms with Crippen molar-refractivity contribution in [2.75, 3.05) is 59.3 Å². The number of aromatic nitrogens is 4. The van der Waals surface area contributed by atoms with Crippen LogP contribution in [-0.2, 0) is 58.8 Å². The number of rotatable bonds is 12. The molecule has 20 heteroatoms. The van der Waals surface area contributed by atoms with Gasteiger partial charge in [-0.15, -0.1) is 0 Å². The first-order valence-corrected chi connectivity index (χ1v) is 26.1. The molecule has 20 nitrogen and oxygen atoms in total. The Labute approximate surface area is 439 Å². The van der Waals surface area contributed by atoms with E-state index in [4.69, 9.17) is 4.98 Å². The Morgan fingerprint density at radius 1 is 0.895 bits per heavy atom. The lowest BCUT2D eigenvalue weighted by atomic mass is 9.90. The minimum atomic E-state index is -0.653. The van der Waals surface area contributed by atoms with E-state index in [0.717, 1.165) is 68.8 Å². The summed E-state index contributed by atoms with van der Waals surface area (Å²) in [5.41, 5.74) is 8.68. The van der Waals surface area contributed by atoms with Gasteiger partial charge in [-0.1, -0.05) is 13.8 Å². The summed E-state index contributed by atoms with van der Waals surface area (Å²) in [6, 6.07) is 15.1. The van der Waals surface area contributed by atoms with E-state index in [1.807, 2.05) is 36.4 Å². The molecule has 76 heavy (non-hydrogen) atoms. The molecule has 1 unspecified atom stereocenters. The molecule has 0 spiro atoms. The SMILES string of the molecule is C[C@H]1CN(C2CCN(c3ccc4c(c3)CN(C3CCC(=O)NC3=O)C4=O)CC2)CCN1c1ccc(Nc2nc(-c3ccnc(N4CCn5c(cc6c5CC(C)(C)C6)C4=O)c3CO)cn(C)c2=O)cc1C=CC(=O)NC=O. The van der Waals surface area contributed by atoms with Gasteiger partial charge >= 0.3 is 0 Å². The summed E-state index contributed by atoms with van der Waals surface area (Å²) in [6.45, 7) is 11.6. The van der Waals surface area contributed by atoms with Crippen molar-refractivity contribution < 1.29 is 33.9 Å². The predicted octanol–water partition coefficient (Wildman–Crippen LogP) is 3.89. The lowest BCUT2D eigenvalue weighted by Crippen LogP contribution is -2.57. The van der Waals surface area contributed by atoms with Gasteiger partial charge in [-0.2, -0.15) is 0 Å². The molecule has 1 aliphatic carbocycles. The average molecular weight is 1030 g/mol. The van der Waals surface area contributed by atoms with Crippen LogP contribution in [0.2, 0.25) is 0 Å². The number of nitrogens with zero attached hydrogens (tertiary/aromatic N) is 9. The molecule has 3 aromatic heterocycles. The second-order valence-corrected chi connectivity index (χ2v) is 21.7. The first-order chi connectivity index (χ1) is 36.6. The van der Waals surface area contributed by atoms with Crippen LogP contribution >= 0.6 is 0 Å². The van der Waals surface area contributed by atoms with Gasteiger partial charge in [0.25, 0.3) is 17.4 Å². The van der Waals surface area contributed by atoms with Gasteiger partial charge in [0.15, 0.2) is 5.82 Å². The molecule has 394 valence electrons. The Hall–Kier alpha value is -7.97. The first-order valence-electron chi connectivity index (χ1n) is 26.1. The number of nitrogens with one attached hydrogen (secondary N) is 3. The van der Waals surface area contributed by atoms with E-state index >= 15 is 0 Å². The Morgan fingerprint density at radius 2 is 1.71 bits per heavy atom. The Bertz CT molecular complexity index is 3320. The smallest absolute Gasteiger partial charge is 0.293 e. The van der Waals surface area contributed by atoms with Crippen LogP contribution in [0, 0.1) is 5.41 Å². The van der Waals surface area contributed by atoms with Gasteiger partial charge in [0.2, 0.25) is 24.1 Å². The molecule has 2 aromatic carbocycles. The summed E-state index contributed by atoms with van der Waals surface area (Å²) >= 11 is 0. The molecule has 5 aliphatic heterocycles. The monoisotopic (exact) mass is 1030 g/mol. The van der Waals surface area contributed by atoms with Crippen LogP contribution in [0.3, 0.4) is 0 Å². The fourth-order valence-corrected chi connectivity index (χ4v) is 12.4. The van der Waals surface area contributed by atoms with E-state index in [0.29, 0.717) is 90.2 Å². The van der Waals surface area contributed by atoms with Gasteiger partial charge in [0.1, 0.15) is 17.6 Å². The van der Waals surface area contributed by atoms with Crippen molar-refractivity contribution in [3.05, 3.63) is 117 Å². The summed E-state index contributed by atoms with van der Waals surface area (Å²) in [4.78, 5) is 109. The summed E-state index contributed by atoms with van der Waals surface area (Å²) in [5.74, 6) is -1.32.